The molecule has 3 nitrogen and oxygen atoms in total. The zero-order valence-electron chi connectivity index (χ0n) is 13.9. The summed E-state index contributed by atoms with van der Waals surface area (Å²) in [6, 6.07) is 20.5. The molecule has 3 heteroatoms. The highest BCUT2D eigenvalue weighted by atomic mass is 16.5. The molecule has 0 aliphatic heterocycles. The monoisotopic (exact) mass is 318 g/mol. The summed E-state index contributed by atoms with van der Waals surface area (Å²) in [4.78, 5) is 4.12. The summed E-state index contributed by atoms with van der Waals surface area (Å²) in [6.07, 6.45) is 3.73. The molecule has 2 aromatic carbocycles. The number of nitrogens with zero attached hydrogens (tertiary/aromatic N) is 1. The number of aromatic nitrogens is 1. The van der Waals surface area contributed by atoms with Gasteiger partial charge >= 0.3 is 0 Å². The second-order valence-electron chi connectivity index (χ2n) is 5.82. The molecule has 0 unspecified atom stereocenters. The zero-order chi connectivity index (χ0) is 16.6. The Morgan fingerprint density at radius 1 is 0.875 bits per heavy atom. The molecule has 0 aliphatic carbocycles. The second kappa shape index (κ2) is 8.27. The number of benzene rings is 2. The fourth-order valence-corrected chi connectivity index (χ4v) is 2.49. The molecule has 1 aromatic heterocycles. The lowest BCUT2D eigenvalue weighted by molar-refractivity contribution is 0.306. The zero-order valence-corrected chi connectivity index (χ0v) is 13.9. The van der Waals surface area contributed by atoms with E-state index in [1.54, 1.807) is 0 Å². The molecule has 1 heterocycles. The highest BCUT2D eigenvalue weighted by molar-refractivity contribution is 5.28. The van der Waals surface area contributed by atoms with Crippen molar-refractivity contribution < 1.29 is 4.74 Å². The molecular formula is C21H22N2O. The van der Waals surface area contributed by atoms with Gasteiger partial charge in [-0.2, -0.15) is 0 Å². The third kappa shape index (κ3) is 4.67. The van der Waals surface area contributed by atoms with Crippen LogP contribution < -0.4 is 10.1 Å². The Morgan fingerprint density at radius 2 is 1.67 bits per heavy atom. The van der Waals surface area contributed by atoms with Gasteiger partial charge in [0.15, 0.2) is 0 Å². The van der Waals surface area contributed by atoms with Crippen LogP contribution in [0.3, 0.4) is 0 Å². The van der Waals surface area contributed by atoms with E-state index in [1.165, 1.54) is 22.3 Å². The number of ether oxygens (including phenoxy) is 1. The number of pyridine rings is 1. The lowest BCUT2D eigenvalue weighted by atomic mass is 10.1. The summed E-state index contributed by atoms with van der Waals surface area (Å²) in [7, 11) is 0. The van der Waals surface area contributed by atoms with Crippen LogP contribution in [-0.2, 0) is 19.7 Å². The first kappa shape index (κ1) is 16.2. The van der Waals surface area contributed by atoms with E-state index in [0.29, 0.717) is 6.61 Å². The van der Waals surface area contributed by atoms with E-state index in [-0.39, 0.29) is 0 Å². The molecule has 0 amide bonds. The van der Waals surface area contributed by atoms with Gasteiger partial charge in [0.2, 0.25) is 0 Å². The van der Waals surface area contributed by atoms with Crippen molar-refractivity contribution in [3.8, 4) is 5.75 Å². The molecular weight excluding hydrogens is 296 g/mol. The van der Waals surface area contributed by atoms with E-state index >= 15 is 0 Å². The Hall–Kier alpha value is -2.65. The number of nitrogens with one attached hydrogen (secondary N) is 1. The molecule has 0 fully saturated rings. The van der Waals surface area contributed by atoms with E-state index in [2.05, 4.69) is 47.6 Å². The highest BCUT2D eigenvalue weighted by Gasteiger charge is 1.99. The molecule has 0 bridgehead atoms. The van der Waals surface area contributed by atoms with Gasteiger partial charge in [0.1, 0.15) is 12.4 Å². The molecule has 0 radical (unpaired) electrons. The molecule has 0 saturated heterocycles. The Kier molecular flexibility index (Phi) is 5.59. The molecule has 0 atom stereocenters. The quantitative estimate of drug-likeness (QED) is 0.707. The maximum Gasteiger partial charge on any atom is 0.119 e. The van der Waals surface area contributed by atoms with Gasteiger partial charge < -0.3 is 10.1 Å². The normalized spacial score (nSPS) is 10.5. The van der Waals surface area contributed by atoms with Crippen LogP contribution in [0.2, 0.25) is 0 Å². The van der Waals surface area contributed by atoms with E-state index < -0.39 is 0 Å². The van der Waals surface area contributed by atoms with Gasteiger partial charge in [-0.15, -0.1) is 0 Å². The smallest absolute Gasteiger partial charge is 0.119 e. The molecule has 0 saturated carbocycles. The largest absolute Gasteiger partial charge is 0.489 e. The average molecular weight is 318 g/mol. The number of hydrogen-bond acceptors (Lipinski definition) is 3. The topological polar surface area (TPSA) is 34.2 Å². The maximum atomic E-state index is 5.81. The van der Waals surface area contributed by atoms with Crippen molar-refractivity contribution in [2.24, 2.45) is 0 Å². The predicted octanol–water partition coefficient (Wildman–Crippen LogP) is 4.26. The van der Waals surface area contributed by atoms with Crippen LogP contribution in [0, 0.1) is 6.92 Å². The van der Waals surface area contributed by atoms with Crippen molar-refractivity contribution in [3.63, 3.8) is 0 Å². The number of hydrogen-bond donors (Lipinski definition) is 1. The lowest BCUT2D eigenvalue weighted by Gasteiger charge is -2.09. The summed E-state index contributed by atoms with van der Waals surface area (Å²) in [5.74, 6) is 0.896. The van der Waals surface area contributed by atoms with E-state index in [1.807, 2.05) is 42.7 Å². The van der Waals surface area contributed by atoms with Gasteiger partial charge in [-0.3, -0.25) is 4.98 Å². The Labute approximate surface area is 143 Å². The van der Waals surface area contributed by atoms with E-state index in [4.69, 9.17) is 4.74 Å². The van der Waals surface area contributed by atoms with Gasteiger partial charge in [0, 0.05) is 25.5 Å². The van der Waals surface area contributed by atoms with Crippen molar-refractivity contribution in [2.75, 3.05) is 0 Å². The molecule has 1 N–H and O–H groups in total. The maximum absolute atomic E-state index is 5.81. The van der Waals surface area contributed by atoms with Crippen LogP contribution in [0.5, 0.6) is 5.75 Å². The molecule has 122 valence electrons. The van der Waals surface area contributed by atoms with E-state index in [9.17, 15) is 0 Å². The second-order valence-corrected chi connectivity index (χ2v) is 5.82. The SMILES string of the molecule is Cc1cnccc1CNCc1ccc(OCc2ccccc2)cc1. The van der Waals surface area contributed by atoms with Gasteiger partial charge in [-0.05, 0) is 47.4 Å². The fraction of sp³-hybridized carbons (Fsp3) is 0.190. The molecule has 0 aliphatic rings. The van der Waals surface area contributed by atoms with Crippen LogP contribution in [0.15, 0.2) is 73.1 Å². The highest BCUT2D eigenvalue weighted by Crippen LogP contribution is 2.14. The molecule has 0 spiro atoms. The van der Waals surface area contributed by atoms with Crippen molar-refractivity contribution in [3.05, 3.63) is 95.3 Å². The van der Waals surface area contributed by atoms with Gasteiger partial charge in [-0.1, -0.05) is 42.5 Å². The van der Waals surface area contributed by atoms with Crippen LogP contribution in [0.25, 0.3) is 0 Å². The first-order valence-corrected chi connectivity index (χ1v) is 8.17. The van der Waals surface area contributed by atoms with Gasteiger partial charge in [-0.25, -0.2) is 0 Å². The third-order valence-corrected chi connectivity index (χ3v) is 3.95. The van der Waals surface area contributed by atoms with Crippen molar-refractivity contribution in [1.82, 2.24) is 10.3 Å². The van der Waals surface area contributed by atoms with E-state index in [0.717, 1.165) is 18.8 Å². The first-order valence-electron chi connectivity index (χ1n) is 8.17. The summed E-state index contributed by atoms with van der Waals surface area (Å²) in [5, 5.41) is 3.47. The molecule has 3 rings (SSSR count). The lowest BCUT2D eigenvalue weighted by Crippen LogP contribution is -2.13. The number of rotatable bonds is 7. The summed E-state index contributed by atoms with van der Waals surface area (Å²) in [5.41, 5.74) is 4.92. The van der Waals surface area contributed by atoms with Gasteiger partial charge in [0.05, 0.1) is 0 Å². The summed E-state index contributed by atoms with van der Waals surface area (Å²) >= 11 is 0. The Morgan fingerprint density at radius 3 is 2.42 bits per heavy atom. The van der Waals surface area contributed by atoms with Crippen molar-refractivity contribution in [2.45, 2.75) is 26.6 Å². The minimum Gasteiger partial charge on any atom is -0.489 e. The van der Waals surface area contributed by atoms with Crippen molar-refractivity contribution >= 4 is 0 Å². The molecule has 24 heavy (non-hydrogen) atoms. The van der Waals surface area contributed by atoms with Crippen LogP contribution in [0.4, 0.5) is 0 Å². The Balaban J connectivity index is 1.47. The van der Waals surface area contributed by atoms with Crippen LogP contribution >= 0.6 is 0 Å². The minimum absolute atomic E-state index is 0.597. The van der Waals surface area contributed by atoms with Gasteiger partial charge in [0.25, 0.3) is 0 Å². The first-order chi connectivity index (χ1) is 11.8. The molecule has 3 aromatic rings. The minimum atomic E-state index is 0.597. The summed E-state index contributed by atoms with van der Waals surface area (Å²) < 4.78 is 5.81. The standard InChI is InChI=1S/C21H22N2O/c1-17-13-22-12-11-20(17)15-23-14-18-7-9-21(10-8-18)24-16-19-5-3-2-4-6-19/h2-13,23H,14-16H2,1H3. The Bertz CT molecular complexity index is 754. The predicted molar refractivity (Wildman–Crippen MR) is 96.7 cm³/mol. The third-order valence-electron chi connectivity index (χ3n) is 3.95. The number of aryl methyl sites for hydroxylation is 1. The van der Waals surface area contributed by atoms with Crippen molar-refractivity contribution in [1.29, 1.82) is 0 Å². The fourth-order valence-electron chi connectivity index (χ4n) is 2.49. The van der Waals surface area contributed by atoms with Crippen LogP contribution in [0.1, 0.15) is 22.3 Å². The van der Waals surface area contributed by atoms with Crippen LogP contribution in [-0.4, -0.2) is 4.98 Å². The average Bonchev–Trinajstić information content (AvgIpc) is 2.63. The summed E-state index contributed by atoms with van der Waals surface area (Å²) in [6.45, 7) is 4.37.